The lowest BCUT2D eigenvalue weighted by molar-refractivity contribution is 0.396. The number of pyridine rings is 1. The van der Waals surface area contributed by atoms with Gasteiger partial charge in [-0.2, -0.15) is 4.31 Å². The molecule has 1 aliphatic rings. The molecular formula is C15H16N2O3S2. The summed E-state index contributed by atoms with van der Waals surface area (Å²) in [4.78, 5) is 5.38. The Balaban J connectivity index is 1.79. The molecule has 0 fully saturated rings. The summed E-state index contributed by atoms with van der Waals surface area (Å²) in [6.07, 6.45) is 4.06. The summed E-state index contributed by atoms with van der Waals surface area (Å²) >= 11 is 1.68. The minimum atomic E-state index is -3.51. The van der Waals surface area contributed by atoms with Gasteiger partial charge in [0.1, 0.15) is 4.90 Å². The van der Waals surface area contributed by atoms with Gasteiger partial charge in [0.15, 0.2) is 0 Å². The van der Waals surface area contributed by atoms with Crippen molar-refractivity contribution >= 4 is 26.9 Å². The molecule has 116 valence electrons. The van der Waals surface area contributed by atoms with Crippen molar-refractivity contribution < 1.29 is 13.2 Å². The van der Waals surface area contributed by atoms with E-state index in [0.717, 1.165) is 6.42 Å². The lowest BCUT2D eigenvalue weighted by Crippen LogP contribution is -2.34. The van der Waals surface area contributed by atoms with Gasteiger partial charge in [0, 0.05) is 24.0 Å². The number of rotatable bonds is 4. The highest BCUT2D eigenvalue weighted by molar-refractivity contribution is 7.89. The van der Waals surface area contributed by atoms with Crippen molar-refractivity contribution in [2.45, 2.75) is 11.3 Å². The first-order valence-corrected chi connectivity index (χ1v) is 9.16. The fraction of sp³-hybridized carbons (Fsp3) is 0.267. The lowest BCUT2D eigenvalue weighted by Gasteiger charge is -2.25. The molecule has 0 saturated heterocycles. The first kappa shape index (κ1) is 15.2. The van der Waals surface area contributed by atoms with Gasteiger partial charge in [0.25, 0.3) is 0 Å². The Morgan fingerprint density at radius 1 is 1.32 bits per heavy atom. The average Bonchev–Trinajstić information content (AvgIpc) is 3.09. The number of sulfonamides is 1. The molecule has 2 aromatic rings. The monoisotopic (exact) mass is 336 g/mol. The Bertz CT molecular complexity index is 766. The van der Waals surface area contributed by atoms with Gasteiger partial charge in [-0.1, -0.05) is 12.1 Å². The highest BCUT2D eigenvalue weighted by Gasteiger charge is 2.26. The molecule has 0 bridgehead atoms. The molecule has 1 aliphatic heterocycles. The molecular weight excluding hydrogens is 320 g/mol. The molecule has 22 heavy (non-hydrogen) atoms. The number of methoxy groups -OCH3 is 1. The first-order valence-electron chi connectivity index (χ1n) is 6.84. The van der Waals surface area contributed by atoms with Crippen molar-refractivity contribution in [2.75, 3.05) is 20.2 Å². The van der Waals surface area contributed by atoms with E-state index in [1.165, 1.54) is 34.1 Å². The van der Waals surface area contributed by atoms with Crippen LogP contribution in [0.5, 0.6) is 5.88 Å². The van der Waals surface area contributed by atoms with Crippen molar-refractivity contribution in [3.63, 3.8) is 0 Å². The van der Waals surface area contributed by atoms with Gasteiger partial charge < -0.3 is 4.74 Å². The van der Waals surface area contributed by atoms with Crippen molar-refractivity contribution in [3.8, 4) is 5.88 Å². The third-order valence-corrected chi connectivity index (χ3v) is 6.36. The van der Waals surface area contributed by atoms with Gasteiger partial charge in [0.05, 0.1) is 13.3 Å². The van der Waals surface area contributed by atoms with Crippen LogP contribution in [-0.2, 0) is 10.0 Å². The third kappa shape index (κ3) is 2.92. The average molecular weight is 336 g/mol. The van der Waals surface area contributed by atoms with Gasteiger partial charge in [0.2, 0.25) is 15.9 Å². The van der Waals surface area contributed by atoms with Crippen LogP contribution in [0.2, 0.25) is 0 Å². The quantitative estimate of drug-likeness (QED) is 0.861. The Hall–Kier alpha value is -1.70. The molecule has 0 aliphatic carbocycles. The second-order valence-electron chi connectivity index (χ2n) is 4.86. The fourth-order valence-electron chi connectivity index (χ4n) is 2.34. The summed E-state index contributed by atoms with van der Waals surface area (Å²) in [5.41, 5.74) is 1.22. The van der Waals surface area contributed by atoms with Crippen molar-refractivity contribution in [1.82, 2.24) is 9.29 Å². The normalized spacial score (nSPS) is 16.3. The summed E-state index contributed by atoms with van der Waals surface area (Å²) in [5, 5.41) is 2.03. The van der Waals surface area contributed by atoms with E-state index >= 15 is 0 Å². The molecule has 0 amide bonds. The zero-order chi connectivity index (χ0) is 15.6. The number of nitrogens with zero attached hydrogens (tertiary/aromatic N) is 2. The zero-order valence-electron chi connectivity index (χ0n) is 12.1. The van der Waals surface area contributed by atoms with E-state index in [1.807, 2.05) is 17.5 Å². The zero-order valence-corrected chi connectivity index (χ0v) is 13.7. The standard InChI is InChI=1S/C15H16N2O3S2/c1-20-15-5-4-13(11-16-15)22(18,19)17-8-6-12(7-9-17)14-3-2-10-21-14/h2-6,10-11H,7-9H2,1H3. The lowest BCUT2D eigenvalue weighted by atomic mass is 10.1. The molecule has 0 N–H and O–H groups in total. The number of ether oxygens (including phenoxy) is 1. The SMILES string of the molecule is COc1ccc(S(=O)(=O)N2CC=C(c3cccs3)CC2)cn1. The van der Waals surface area contributed by atoms with Crippen LogP contribution in [0.15, 0.2) is 46.8 Å². The van der Waals surface area contributed by atoms with Crippen molar-refractivity contribution in [1.29, 1.82) is 0 Å². The molecule has 0 radical (unpaired) electrons. The Morgan fingerprint density at radius 2 is 2.18 bits per heavy atom. The topological polar surface area (TPSA) is 59.5 Å². The second-order valence-corrected chi connectivity index (χ2v) is 7.74. The maximum absolute atomic E-state index is 12.6. The van der Waals surface area contributed by atoms with Crippen molar-refractivity contribution in [2.24, 2.45) is 0 Å². The van der Waals surface area contributed by atoms with Gasteiger partial charge >= 0.3 is 0 Å². The Morgan fingerprint density at radius 3 is 2.73 bits per heavy atom. The van der Waals surface area contributed by atoms with E-state index in [9.17, 15) is 8.42 Å². The van der Waals surface area contributed by atoms with Crippen molar-refractivity contribution in [3.05, 3.63) is 46.8 Å². The maximum Gasteiger partial charge on any atom is 0.244 e. The molecule has 7 heteroatoms. The smallest absolute Gasteiger partial charge is 0.244 e. The summed E-state index contributed by atoms with van der Waals surface area (Å²) < 4.78 is 31.6. The van der Waals surface area contributed by atoms with Crippen LogP contribution in [0.4, 0.5) is 0 Å². The third-order valence-electron chi connectivity index (χ3n) is 3.57. The van der Waals surface area contributed by atoms with E-state index in [0.29, 0.717) is 19.0 Å². The van der Waals surface area contributed by atoms with Crippen LogP contribution >= 0.6 is 11.3 Å². The molecule has 0 aromatic carbocycles. The summed E-state index contributed by atoms with van der Waals surface area (Å²) in [7, 11) is -2.01. The fourth-order valence-corrected chi connectivity index (χ4v) is 4.47. The van der Waals surface area contributed by atoms with E-state index in [1.54, 1.807) is 17.4 Å². The summed E-state index contributed by atoms with van der Waals surface area (Å²) in [6, 6.07) is 7.16. The molecule has 0 atom stereocenters. The largest absolute Gasteiger partial charge is 0.481 e. The minimum absolute atomic E-state index is 0.196. The van der Waals surface area contributed by atoms with E-state index in [-0.39, 0.29) is 4.90 Å². The molecule has 0 unspecified atom stereocenters. The molecule has 3 heterocycles. The molecule has 5 nitrogen and oxygen atoms in total. The van der Waals surface area contributed by atoms with Crippen LogP contribution in [0.1, 0.15) is 11.3 Å². The predicted molar refractivity (Wildman–Crippen MR) is 86.5 cm³/mol. The van der Waals surface area contributed by atoms with Crippen LogP contribution in [0.25, 0.3) is 5.57 Å². The number of hydrogen-bond acceptors (Lipinski definition) is 5. The molecule has 0 saturated carbocycles. The maximum atomic E-state index is 12.6. The van der Waals surface area contributed by atoms with Crippen LogP contribution in [-0.4, -0.2) is 37.9 Å². The first-order chi connectivity index (χ1) is 10.6. The van der Waals surface area contributed by atoms with E-state index < -0.39 is 10.0 Å². The molecule has 2 aromatic heterocycles. The Kier molecular flexibility index (Phi) is 4.28. The van der Waals surface area contributed by atoms with Crippen LogP contribution in [0, 0.1) is 0 Å². The molecule has 3 rings (SSSR count). The minimum Gasteiger partial charge on any atom is -0.481 e. The van der Waals surface area contributed by atoms with Gasteiger partial charge in [-0.25, -0.2) is 13.4 Å². The highest BCUT2D eigenvalue weighted by Crippen LogP contribution is 2.28. The number of aromatic nitrogens is 1. The molecule has 0 spiro atoms. The van der Waals surface area contributed by atoms with Crippen LogP contribution in [0.3, 0.4) is 0 Å². The van der Waals surface area contributed by atoms with E-state index in [4.69, 9.17) is 4.74 Å². The second kappa shape index (κ2) is 6.20. The predicted octanol–water partition coefficient (Wildman–Crippen LogP) is 2.63. The number of thiophene rings is 1. The van der Waals surface area contributed by atoms with Gasteiger partial charge in [-0.15, -0.1) is 11.3 Å². The highest BCUT2D eigenvalue weighted by atomic mass is 32.2. The van der Waals surface area contributed by atoms with Crippen LogP contribution < -0.4 is 4.74 Å². The van der Waals surface area contributed by atoms with Gasteiger partial charge in [-0.3, -0.25) is 0 Å². The van der Waals surface area contributed by atoms with E-state index in [2.05, 4.69) is 11.1 Å². The Labute approximate surface area is 133 Å². The van der Waals surface area contributed by atoms with Gasteiger partial charge in [-0.05, 0) is 29.5 Å². The summed E-state index contributed by atoms with van der Waals surface area (Å²) in [5.74, 6) is 0.400. The summed E-state index contributed by atoms with van der Waals surface area (Å²) in [6.45, 7) is 0.875. The number of hydrogen-bond donors (Lipinski definition) is 0.